The minimum Gasteiger partial charge on any atom is -0.479 e. The van der Waals surface area contributed by atoms with E-state index in [-0.39, 0.29) is 5.69 Å². The largest absolute Gasteiger partial charge is 0.479 e. The highest BCUT2D eigenvalue weighted by molar-refractivity contribution is 5.94. The first kappa shape index (κ1) is 14.9. The molecule has 8 heteroatoms. The standard InChI is InChI=1S/C11H9F4NO3/c12-8(9(17)18)5-6-1-3-7(4-2-6)16-10(19)11(13,14)15/h1-4,8H,5H2,(H,16,19)(H,17,18). The maximum atomic E-state index is 12.9. The number of carboxylic acids is 1. The summed E-state index contributed by atoms with van der Waals surface area (Å²) in [5.74, 6) is -3.73. The fourth-order valence-corrected chi connectivity index (χ4v) is 1.22. The average molecular weight is 279 g/mol. The number of halogens is 4. The van der Waals surface area contributed by atoms with Crippen LogP contribution in [0.15, 0.2) is 24.3 Å². The minimum absolute atomic E-state index is 0.114. The Morgan fingerprint density at radius 1 is 1.21 bits per heavy atom. The molecular weight excluding hydrogens is 270 g/mol. The van der Waals surface area contributed by atoms with E-state index in [2.05, 4.69) is 0 Å². The Kier molecular flexibility index (Phi) is 4.47. The zero-order valence-corrected chi connectivity index (χ0v) is 9.37. The molecule has 0 bridgehead atoms. The van der Waals surface area contributed by atoms with Gasteiger partial charge < -0.3 is 10.4 Å². The summed E-state index contributed by atoms with van der Waals surface area (Å²) in [5.41, 5.74) is 0.178. The third-order valence-electron chi connectivity index (χ3n) is 2.15. The highest BCUT2D eigenvalue weighted by Gasteiger charge is 2.38. The van der Waals surface area contributed by atoms with Crippen molar-refractivity contribution in [2.75, 3.05) is 5.32 Å². The van der Waals surface area contributed by atoms with Crippen LogP contribution in [0, 0.1) is 0 Å². The number of carbonyl (C=O) groups is 2. The molecule has 0 fully saturated rings. The van der Waals surface area contributed by atoms with Crippen LogP contribution in [0.5, 0.6) is 0 Å². The fourth-order valence-electron chi connectivity index (χ4n) is 1.22. The molecule has 0 aliphatic heterocycles. The molecule has 0 spiro atoms. The first-order valence-electron chi connectivity index (χ1n) is 5.04. The molecule has 1 aromatic rings. The molecule has 4 nitrogen and oxygen atoms in total. The molecule has 2 N–H and O–H groups in total. The number of rotatable bonds is 4. The van der Waals surface area contributed by atoms with Gasteiger partial charge in [-0.25, -0.2) is 9.18 Å². The number of aliphatic carboxylic acids is 1. The van der Waals surface area contributed by atoms with E-state index >= 15 is 0 Å². The summed E-state index contributed by atoms with van der Waals surface area (Å²) >= 11 is 0. The molecule has 19 heavy (non-hydrogen) atoms. The summed E-state index contributed by atoms with van der Waals surface area (Å²) in [7, 11) is 0. The lowest BCUT2D eigenvalue weighted by molar-refractivity contribution is -0.167. The van der Waals surface area contributed by atoms with Crippen LogP contribution in [-0.2, 0) is 16.0 Å². The van der Waals surface area contributed by atoms with Gasteiger partial charge in [-0.15, -0.1) is 0 Å². The molecule has 0 radical (unpaired) electrons. The van der Waals surface area contributed by atoms with Gasteiger partial charge in [0.15, 0.2) is 0 Å². The summed E-state index contributed by atoms with van der Waals surface area (Å²) in [6.07, 6.45) is -7.48. The number of carboxylic acid groups (broad SMARTS) is 1. The molecule has 1 rings (SSSR count). The number of alkyl halides is 4. The molecule has 104 valence electrons. The van der Waals surface area contributed by atoms with E-state index in [1.54, 1.807) is 5.32 Å². The van der Waals surface area contributed by atoms with Crippen molar-refractivity contribution in [3.05, 3.63) is 29.8 Å². The number of benzene rings is 1. The van der Waals surface area contributed by atoms with Crippen LogP contribution in [-0.4, -0.2) is 29.3 Å². The number of amides is 1. The molecule has 1 atom stereocenters. The molecule has 0 saturated carbocycles. The summed E-state index contributed by atoms with van der Waals surface area (Å²) in [5, 5.41) is 9.96. The number of hydrogen-bond acceptors (Lipinski definition) is 2. The Morgan fingerprint density at radius 2 is 1.74 bits per heavy atom. The predicted molar refractivity (Wildman–Crippen MR) is 57.4 cm³/mol. The van der Waals surface area contributed by atoms with Crippen molar-refractivity contribution in [3.63, 3.8) is 0 Å². The summed E-state index contributed by atoms with van der Waals surface area (Å²) in [6, 6.07) is 4.74. The Hall–Kier alpha value is -2.12. The van der Waals surface area contributed by atoms with Gasteiger partial charge in [-0.2, -0.15) is 13.2 Å². The molecule has 0 aliphatic carbocycles. The van der Waals surface area contributed by atoms with E-state index in [4.69, 9.17) is 5.11 Å². The van der Waals surface area contributed by atoms with E-state index < -0.39 is 30.6 Å². The molecule has 1 amide bonds. The van der Waals surface area contributed by atoms with Crippen LogP contribution in [0.25, 0.3) is 0 Å². The predicted octanol–water partition coefficient (Wildman–Crippen LogP) is 2.15. The molecular formula is C11H9F4NO3. The summed E-state index contributed by atoms with van der Waals surface area (Å²) in [6.45, 7) is 0. The van der Waals surface area contributed by atoms with Crippen molar-refractivity contribution in [1.82, 2.24) is 0 Å². The van der Waals surface area contributed by atoms with Crippen LogP contribution in [0.4, 0.5) is 23.2 Å². The number of nitrogens with one attached hydrogen (secondary N) is 1. The maximum Gasteiger partial charge on any atom is 0.471 e. The first-order chi connectivity index (χ1) is 8.70. The molecule has 0 saturated heterocycles. The Labute approximate surface area is 105 Å². The monoisotopic (exact) mass is 279 g/mol. The highest BCUT2D eigenvalue weighted by atomic mass is 19.4. The van der Waals surface area contributed by atoms with Crippen molar-refractivity contribution >= 4 is 17.6 Å². The van der Waals surface area contributed by atoms with Gasteiger partial charge in [-0.05, 0) is 17.7 Å². The third-order valence-corrected chi connectivity index (χ3v) is 2.15. The number of hydrogen-bond donors (Lipinski definition) is 2. The third kappa shape index (κ3) is 4.57. The summed E-state index contributed by atoms with van der Waals surface area (Å²) in [4.78, 5) is 20.9. The highest BCUT2D eigenvalue weighted by Crippen LogP contribution is 2.19. The lowest BCUT2D eigenvalue weighted by atomic mass is 10.1. The quantitative estimate of drug-likeness (QED) is 0.830. The van der Waals surface area contributed by atoms with E-state index in [9.17, 15) is 27.2 Å². The van der Waals surface area contributed by atoms with Gasteiger partial charge in [0, 0.05) is 12.1 Å². The SMILES string of the molecule is O=C(O)C(F)Cc1ccc(NC(=O)C(F)(F)F)cc1. The second-order valence-corrected chi connectivity index (χ2v) is 3.66. The van der Waals surface area contributed by atoms with Gasteiger partial charge in [0.2, 0.25) is 6.17 Å². The Morgan fingerprint density at radius 3 is 2.16 bits per heavy atom. The van der Waals surface area contributed by atoms with E-state index in [0.29, 0.717) is 5.56 Å². The summed E-state index contributed by atoms with van der Waals surface area (Å²) < 4.78 is 48.7. The molecule has 1 aromatic carbocycles. The van der Waals surface area contributed by atoms with Crippen LogP contribution >= 0.6 is 0 Å². The molecule has 0 aliphatic rings. The van der Waals surface area contributed by atoms with Gasteiger partial charge in [-0.3, -0.25) is 4.79 Å². The first-order valence-corrected chi connectivity index (χ1v) is 5.04. The van der Waals surface area contributed by atoms with Crippen molar-refractivity contribution in [2.24, 2.45) is 0 Å². The second kappa shape index (κ2) is 5.68. The fraction of sp³-hybridized carbons (Fsp3) is 0.273. The van der Waals surface area contributed by atoms with Gasteiger partial charge in [0.05, 0.1) is 0 Å². The van der Waals surface area contributed by atoms with Crippen molar-refractivity contribution < 1.29 is 32.3 Å². The van der Waals surface area contributed by atoms with Gasteiger partial charge in [0.1, 0.15) is 0 Å². The van der Waals surface area contributed by atoms with Crippen molar-refractivity contribution in [2.45, 2.75) is 18.8 Å². The van der Waals surface area contributed by atoms with Crippen LogP contribution in [0.2, 0.25) is 0 Å². The minimum atomic E-state index is -4.99. The Balaban J connectivity index is 2.67. The van der Waals surface area contributed by atoms with Gasteiger partial charge in [-0.1, -0.05) is 12.1 Å². The van der Waals surface area contributed by atoms with Crippen LogP contribution in [0.3, 0.4) is 0 Å². The van der Waals surface area contributed by atoms with Gasteiger partial charge in [0.25, 0.3) is 0 Å². The van der Waals surface area contributed by atoms with Gasteiger partial charge >= 0.3 is 18.1 Å². The van der Waals surface area contributed by atoms with E-state index in [1.165, 1.54) is 12.1 Å². The normalized spacial score (nSPS) is 12.8. The maximum absolute atomic E-state index is 12.9. The van der Waals surface area contributed by atoms with E-state index in [0.717, 1.165) is 12.1 Å². The second-order valence-electron chi connectivity index (χ2n) is 3.66. The van der Waals surface area contributed by atoms with E-state index in [1.807, 2.05) is 0 Å². The van der Waals surface area contributed by atoms with Crippen molar-refractivity contribution in [1.29, 1.82) is 0 Å². The lowest BCUT2D eigenvalue weighted by Crippen LogP contribution is -2.29. The number of anilines is 1. The zero-order chi connectivity index (χ0) is 14.6. The van der Waals surface area contributed by atoms with Crippen LogP contribution < -0.4 is 5.32 Å². The smallest absolute Gasteiger partial charge is 0.471 e. The molecule has 0 heterocycles. The van der Waals surface area contributed by atoms with Crippen molar-refractivity contribution in [3.8, 4) is 0 Å². The average Bonchev–Trinajstić information content (AvgIpc) is 2.30. The topological polar surface area (TPSA) is 66.4 Å². The Bertz CT molecular complexity index is 470. The molecule has 0 aromatic heterocycles. The number of carbonyl (C=O) groups excluding carboxylic acids is 1. The lowest BCUT2D eigenvalue weighted by Gasteiger charge is -2.09. The molecule has 1 unspecified atom stereocenters. The zero-order valence-electron chi connectivity index (χ0n) is 9.37. The van der Waals surface area contributed by atoms with Crippen LogP contribution in [0.1, 0.15) is 5.56 Å².